The zero-order chi connectivity index (χ0) is 11.3. The molecule has 0 bridgehead atoms. The van der Waals surface area contributed by atoms with Gasteiger partial charge in [-0.25, -0.2) is 0 Å². The molecule has 5 heteroatoms. The summed E-state index contributed by atoms with van der Waals surface area (Å²) in [7, 11) is 1.71. The number of rotatable bonds is 6. The quantitative estimate of drug-likeness (QED) is 0.759. The predicted octanol–water partition coefficient (Wildman–Crippen LogP) is 2.09. The van der Waals surface area contributed by atoms with Crippen LogP contribution < -0.4 is 5.73 Å². The summed E-state index contributed by atoms with van der Waals surface area (Å²) in [5.41, 5.74) is 7.14. The molecule has 1 unspecified atom stereocenters. The zero-order valence-corrected chi connectivity index (χ0v) is 10.4. The molecular weight excluding hydrogens is 210 g/mol. The Morgan fingerprint density at radius 2 is 2.20 bits per heavy atom. The lowest BCUT2D eigenvalue weighted by atomic mass is 10.0. The first-order valence-corrected chi connectivity index (χ1v) is 6.00. The topological polar surface area (TPSA) is 61.0 Å². The van der Waals surface area contributed by atoms with Gasteiger partial charge in [-0.05, 0) is 30.3 Å². The van der Waals surface area contributed by atoms with Crippen LogP contribution in [0.4, 0.5) is 0 Å². The molecule has 0 aliphatic carbocycles. The second kappa shape index (κ2) is 6.15. The lowest BCUT2D eigenvalue weighted by molar-refractivity contribution is 0.190. The van der Waals surface area contributed by atoms with E-state index in [1.807, 2.05) is 0 Å². The van der Waals surface area contributed by atoms with Gasteiger partial charge >= 0.3 is 0 Å². The maximum Gasteiger partial charge on any atom is 0.0828 e. The van der Waals surface area contributed by atoms with Crippen LogP contribution in [0.5, 0.6) is 0 Å². The molecule has 15 heavy (non-hydrogen) atoms. The van der Waals surface area contributed by atoms with Gasteiger partial charge in [-0.2, -0.15) is 0 Å². The fourth-order valence-corrected chi connectivity index (χ4v) is 2.28. The molecule has 1 rings (SSSR count). The molecule has 1 aromatic heterocycles. The highest BCUT2D eigenvalue weighted by Crippen LogP contribution is 2.27. The maximum atomic E-state index is 6.09. The van der Waals surface area contributed by atoms with Crippen molar-refractivity contribution in [2.24, 2.45) is 5.73 Å². The van der Waals surface area contributed by atoms with Gasteiger partial charge in [0.2, 0.25) is 0 Å². The van der Waals surface area contributed by atoms with Gasteiger partial charge in [-0.15, -0.1) is 5.10 Å². The SMILES string of the molecule is COCCCC(N)c1snnc1C(C)C. The van der Waals surface area contributed by atoms with Crippen LogP contribution in [0.1, 0.15) is 49.2 Å². The number of nitrogens with zero attached hydrogens (tertiary/aromatic N) is 2. The van der Waals surface area contributed by atoms with Crippen LogP contribution in [0.25, 0.3) is 0 Å². The van der Waals surface area contributed by atoms with Gasteiger partial charge in [0.05, 0.1) is 10.6 Å². The molecule has 1 atom stereocenters. The first-order valence-electron chi connectivity index (χ1n) is 5.23. The Balaban J connectivity index is 2.56. The summed E-state index contributed by atoms with van der Waals surface area (Å²) in [6, 6.07) is 0.0533. The van der Waals surface area contributed by atoms with Gasteiger partial charge in [-0.3, -0.25) is 0 Å². The van der Waals surface area contributed by atoms with Crippen LogP contribution in [-0.4, -0.2) is 23.3 Å². The fraction of sp³-hybridized carbons (Fsp3) is 0.800. The third kappa shape index (κ3) is 3.52. The van der Waals surface area contributed by atoms with Crippen molar-refractivity contribution in [3.8, 4) is 0 Å². The Labute approximate surface area is 95.0 Å². The van der Waals surface area contributed by atoms with E-state index in [0.717, 1.165) is 30.0 Å². The molecule has 2 N–H and O–H groups in total. The van der Waals surface area contributed by atoms with Gasteiger partial charge in [0, 0.05) is 19.8 Å². The Bertz CT molecular complexity index is 288. The van der Waals surface area contributed by atoms with Crippen molar-refractivity contribution >= 4 is 11.5 Å². The predicted molar refractivity (Wildman–Crippen MR) is 62.0 cm³/mol. The average Bonchev–Trinajstić information content (AvgIpc) is 2.66. The number of hydrogen-bond acceptors (Lipinski definition) is 5. The Hall–Kier alpha value is -0.520. The molecule has 0 saturated carbocycles. The summed E-state index contributed by atoms with van der Waals surface area (Å²) in [6.07, 6.45) is 1.91. The van der Waals surface area contributed by atoms with Crippen molar-refractivity contribution in [2.45, 2.75) is 38.6 Å². The van der Waals surface area contributed by atoms with Crippen LogP contribution >= 0.6 is 11.5 Å². The van der Waals surface area contributed by atoms with Gasteiger partial charge in [0.25, 0.3) is 0 Å². The van der Waals surface area contributed by atoms with E-state index in [9.17, 15) is 0 Å². The highest BCUT2D eigenvalue weighted by Gasteiger charge is 2.17. The standard InChI is InChI=1S/C10H19N3OS/c1-7(2)9-10(15-13-12-9)8(11)5-4-6-14-3/h7-8H,4-6,11H2,1-3H3. The highest BCUT2D eigenvalue weighted by atomic mass is 32.1. The molecule has 0 radical (unpaired) electrons. The third-order valence-electron chi connectivity index (χ3n) is 2.29. The van der Waals surface area contributed by atoms with Crippen molar-refractivity contribution < 1.29 is 4.74 Å². The average molecular weight is 229 g/mol. The largest absolute Gasteiger partial charge is 0.385 e. The third-order valence-corrected chi connectivity index (χ3v) is 3.16. The van der Waals surface area contributed by atoms with Crippen LogP contribution in [0, 0.1) is 0 Å². The molecule has 0 amide bonds. The summed E-state index contributed by atoms with van der Waals surface area (Å²) in [5.74, 6) is 0.396. The molecule has 0 spiro atoms. The first kappa shape index (κ1) is 12.5. The molecule has 0 aromatic carbocycles. The van der Waals surface area contributed by atoms with Gasteiger partial charge in [-0.1, -0.05) is 18.3 Å². The summed E-state index contributed by atoms with van der Waals surface area (Å²) >= 11 is 1.42. The number of aromatic nitrogens is 2. The van der Waals surface area contributed by atoms with Crippen molar-refractivity contribution in [1.82, 2.24) is 9.59 Å². The van der Waals surface area contributed by atoms with Crippen LogP contribution in [0.3, 0.4) is 0 Å². The molecule has 0 aliphatic rings. The van der Waals surface area contributed by atoms with E-state index in [4.69, 9.17) is 10.5 Å². The molecule has 1 aromatic rings. The molecular formula is C10H19N3OS. The minimum absolute atomic E-state index is 0.0533. The molecule has 0 saturated heterocycles. The summed E-state index contributed by atoms with van der Waals surface area (Å²) in [6.45, 7) is 4.99. The fourth-order valence-electron chi connectivity index (χ4n) is 1.44. The first-order chi connectivity index (χ1) is 7.16. The summed E-state index contributed by atoms with van der Waals surface area (Å²) in [5, 5.41) is 4.12. The van der Waals surface area contributed by atoms with Gasteiger partial charge in [0.15, 0.2) is 0 Å². The normalized spacial score (nSPS) is 13.4. The molecule has 4 nitrogen and oxygen atoms in total. The van der Waals surface area contributed by atoms with Gasteiger partial charge in [0.1, 0.15) is 0 Å². The van der Waals surface area contributed by atoms with Gasteiger partial charge < -0.3 is 10.5 Å². The van der Waals surface area contributed by atoms with Crippen molar-refractivity contribution in [2.75, 3.05) is 13.7 Å². The number of ether oxygens (including phenoxy) is 1. The monoisotopic (exact) mass is 229 g/mol. The maximum absolute atomic E-state index is 6.09. The zero-order valence-electron chi connectivity index (χ0n) is 9.56. The minimum atomic E-state index is 0.0533. The van der Waals surface area contributed by atoms with Crippen LogP contribution in [-0.2, 0) is 4.74 Å². The second-order valence-electron chi connectivity index (χ2n) is 3.92. The lowest BCUT2D eigenvalue weighted by Crippen LogP contribution is -2.12. The van der Waals surface area contributed by atoms with E-state index in [1.165, 1.54) is 11.5 Å². The van der Waals surface area contributed by atoms with Crippen molar-refractivity contribution in [3.05, 3.63) is 10.6 Å². The van der Waals surface area contributed by atoms with E-state index >= 15 is 0 Å². The van der Waals surface area contributed by atoms with Crippen LogP contribution in [0.2, 0.25) is 0 Å². The summed E-state index contributed by atoms with van der Waals surface area (Å²) < 4.78 is 8.98. The molecule has 0 fully saturated rings. The lowest BCUT2D eigenvalue weighted by Gasteiger charge is -2.11. The highest BCUT2D eigenvalue weighted by molar-refractivity contribution is 7.05. The Morgan fingerprint density at radius 1 is 1.47 bits per heavy atom. The van der Waals surface area contributed by atoms with Crippen LogP contribution in [0.15, 0.2) is 0 Å². The Morgan fingerprint density at radius 3 is 2.80 bits per heavy atom. The van der Waals surface area contributed by atoms with Crippen molar-refractivity contribution in [1.29, 1.82) is 0 Å². The van der Waals surface area contributed by atoms with E-state index in [-0.39, 0.29) is 6.04 Å². The number of nitrogens with two attached hydrogens (primary N) is 1. The van der Waals surface area contributed by atoms with E-state index in [1.54, 1.807) is 7.11 Å². The Kier molecular flexibility index (Phi) is 5.14. The van der Waals surface area contributed by atoms with Crippen molar-refractivity contribution in [3.63, 3.8) is 0 Å². The minimum Gasteiger partial charge on any atom is -0.385 e. The second-order valence-corrected chi connectivity index (χ2v) is 4.70. The molecule has 1 heterocycles. The molecule has 86 valence electrons. The molecule has 0 aliphatic heterocycles. The van der Waals surface area contributed by atoms with E-state index < -0.39 is 0 Å². The van der Waals surface area contributed by atoms with E-state index in [0.29, 0.717) is 5.92 Å². The van der Waals surface area contributed by atoms with E-state index in [2.05, 4.69) is 23.4 Å². The number of methoxy groups -OCH3 is 1. The summed E-state index contributed by atoms with van der Waals surface area (Å²) in [4.78, 5) is 1.13. The smallest absolute Gasteiger partial charge is 0.0828 e. The number of hydrogen-bond donors (Lipinski definition) is 1.